The van der Waals surface area contributed by atoms with Crippen LogP contribution in [0.3, 0.4) is 0 Å². The summed E-state index contributed by atoms with van der Waals surface area (Å²) in [7, 11) is 0. The van der Waals surface area contributed by atoms with Gasteiger partial charge in [-0.1, -0.05) is 165 Å². The summed E-state index contributed by atoms with van der Waals surface area (Å²) >= 11 is 0. The van der Waals surface area contributed by atoms with Crippen molar-refractivity contribution in [2.75, 3.05) is 0 Å². The number of hydrogen-bond acceptors (Lipinski definition) is 3. The summed E-state index contributed by atoms with van der Waals surface area (Å²) in [6.45, 7) is 2.29. The molecular formula is C60H41N3. The molecule has 8 aromatic carbocycles. The van der Waals surface area contributed by atoms with Gasteiger partial charge in [0.15, 0.2) is 0 Å². The molecular weight excluding hydrogens is 763 g/mol. The fraction of sp³-hybridized carbons (Fsp3) is 0.0833. The number of nitrogens with zero attached hydrogens (tertiary/aromatic N) is 3. The first kappa shape index (κ1) is 36.9. The van der Waals surface area contributed by atoms with Crippen LogP contribution < -0.4 is 0 Å². The Labute approximate surface area is 367 Å². The van der Waals surface area contributed by atoms with Crippen LogP contribution in [0.25, 0.3) is 106 Å². The fourth-order valence-corrected chi connectivity index (χ4v) is 10.2. The predicted molar refractivity (Wildman–Crippen MR) is 263 cm³/mol. The lowest BCUT2D eigenvalue weighted by Gasteiger charge is -2.24. The number of allylic oxidation sites excluding steroid dienone is 2. The maximum Gasteiger partial charge on any atom is 0.0992 e. The van der Waals surface area contributed by atoms with Crippen molar-refractivity contribution in [1.29, 1.82) is 5.26 Å². The van der Waals surface area contributed by atoms with Crippen LogP contribution in [0.15, 0.2) is 176 Å². The number of fused-ring (bicyclic) bond motifs is 10. The number of pyridine rings is 2. The van der Waals surface area contributed by atoms with Gasteiger partial charge in [0, 0.05) is 21.9 Å². The van der Waals surface area contributed by atoms with E-state index in [0.717, 1.165) is 80.3 Å². The van der Waals surface area contributed by atoms with Gasteiger partial charge in [0.1, 0.15) is 0 Å². The zero-order valence-corrected chi connectivity index (χ0v) is 34.9. The highest BCUT2D eigenvalue weighted by molar-refractivity contribution is 6.14. The van der Waals surface area contributed by atoms with Crippen molar-refractivity contribution in [3.63, 3.8) is 0 Å². The minimum absolute atomic E-state index is 0.415. The standard InChI is InChI=1S/C60H41N3/c1-37-15-25-53-48(46-33-38(36-61)32-45(34-46)44-22-26-54-51-13-6-5-11-49(51)50-12-7-8-14-52(50)56(54)35-44)28-27-47(55(53)31-37)39-16-18-41(19-17-39)58-30-24-43-21-20-42-23-29-57(40-9-3-2-4-10-40)62-59(42)60(43)63-58/h2-21,23-25,27-30,32-35,37H,22,26,31H2,1H3. The lowest BCUT2D eigenvalue weighted by molar-refractivity contribution is 0.719. The third-order valence-corrected chi connectivity index (χ3v) is 13.3. The van der Waals surface area contributed by atoms with Crippen molar-refractivity contribution < 1.29 is 0 Å². The van der Waals surface area contributed by atoms with Crippen LogP contribution in [0.5, 0.6) is 0 Å². The van der Waals surface area contributed by atoms with Gasteiger partial charge in [-0.05, 0) is 133 Å². The van der Waals surface area contributed by atoms with Crippen molar-refractivity contribution in [3.05, 3.63) is 209 Å². The SMILES string of the molecule is CC1C=Cc2c(-c3cc(C#N)cc(C4=Cc5c(c6ccccc6c6ccccc56)CC4)c3)ccc(-c3ccc(-c4ccc5ccc6ccc(-c7ccccc7)nc6c5n4)cc3)c2C1. The van der Waals surface area contributed by atoms with Gasteiger partial charge in [-0.15, -0.1) is 0 Å². The van der Waals surface area contributed by atoms with Crippen LogP contribution in [-0.4, -0.2) is 9.97 Å². The maximum absolute atomic E-state index is 10.4. The van der Waals surface area contributed by atoms with Gasteiger partial charge in [-0.2, -0.15) is 5.26 Å². The molecule has 1 unspecified atom stereocenters. The molecule has 2 aliphatic rings. The van der Waals surface area contributed by atoms with Crippen molar-refractivity contribution >= 4 is 61.1 Å². The van der Waals surface area contributed by atoms with E-state index in [1.165, 1.54) is 60.5 Å². The fourth-order valence-electron chi connectivity index (χ4n) is 10.2. The summed E-state index contributed by atoms with van der Waals surface area (Å²) in [4.78, 5) is 10.3. The lowest BCUT2D eigenvalue weighted by atomic mass is 9.80. The van der Waals surface area contributed by atoms with Gasteiger partial charge in [0.2, 0.25) is 0 Å². The van der Waals surface area contributed by atoms with E-state index >= 15 is 0 Å². The highest BCUT2D eigenvalue weighted by atomic mass is 14.8. The average Bonchev–Trinajstić information content (AvgIpc) is 3.35. The topological polar surface area (TPSA) is 49.6 Å². The monoisotopic (exact) mass is 803 g/mol. The Morgan fingerprint density at radius 3 is 1.79 bits per heavy atom. The lowest BCUT2D eigenvalue weighted by Crippen LogP contribution is -2.07. The average molecular weight is 804 g/mol. The van der Waals surface area contributed by atoms with Crippen molar-refractivity contribution in [3.8, 4) is 50.8 Å². The zero-order chi connectivity index (χ0) is 42.0. The Morgan fingerprint density at radius 1 is 0.492 bits per heavy atom. The van der Waals surface area contributed by atoms with Crippen molar-refractivity contribution in [2.45, 2.75) is 26.2 Å². The Bertz CT molecular complexity index is 3610. The quantitative estimate of drug-likeness (QED) is 0.163. The van der Waals surface area contributed by atoms with E-state index in [-0.39, 0.29) is 0 Å². The second-order valence-corrected chi connectivity index (χ2v) is 17.2. The number of aryl methyl sites for hydroxylation is 1. The molecule has 0 fully saturated rings. The van der Waals surface area contributed by atoms with Crippen LogP contribution in [0.2, 0.25) is 0 Å². The second-order valence-electron chi connectivity index (χ2n) is 17.2. The Morgan fingerprint density at radius 2 is 1.08 bits per heavy atom. The van der Waals surface area contributed by atoms with E-state index in [2.05, 4.69) is 183 Å². The number of benzene rings is 8. The molecule has 0 N–H and O–H groups in total. The largest absolute Gasteiger partial charge is 0.245 e. The third kappa shape index (κ3) is 6.34. The predicted octanol–water partition coefficient (Wildman–Crippen LogP) is 15.3. The smallest absolute Gasteiger partial charge is 0.0992 e. The first-order valence-electron chi connectivity index (χ1n) is 22.0. The Kier molecular flexibility index (Phi) is 8.73. The number of nitriles is 1. The highest BCUT2D eigenvalue weighted by Gasteiger charge is 2.22. The molecule has 2 aromatic heterocycles. The van der Waals surface area contributed by atoms with Crippen LogP contribution in [0.4, 0.5) is 0 Å². The molecule has 0 spiro atoms. The first-order chi connectivity index (χ1) is 31.1. The summed E-state index contributed by atoms with van der Waals surface area (Å²) in [5, 5.41) is 17.8. The van der Waals surface area contributed by atoms with Crippen molar-refractivity contribution in [2.24, 2.45) is 5.92 Å². The van der Waals surface area contributed by atoms with Gasteiger partial charge in [-0.3, -0.25) is 0 Å². The number of hydrogen-bond donors (Lipinski definition) is 0. The molecule has 0 saturated heterocycles. The molecule has 63 heavy (non-hydrogen) atoms. The summed E-state index contributed by atoms with van der Waals surface area (Å²) in [6.07, 6.45) is 9.86. The molecule has 2 heterocycles. The van der Waals surface area contributed by atoms with E-state index in [1.54, 1.807) is 0 Å². The third-order valence-electron chi connectivity index (χ3n) is 13.3. The van der Waals surface area contributed by atoms with Crippen molar-refractivity contribution in [1.82, 2.24) is 9.97 Å². The van der Waals surface area contributed by atoms with Crippen LogP contribution in [0.1, 0.15) is 46.7 Å². The molecule has 0 radical (unpaired) electrons. The molecule has 12 rings (SSSR count). The Hall–Kier alpha value is -7.93. The van der Waals surface area contributed by atoms with Gasteiger partial charge < -0.3 is 0 Å². The van der Waals surface area contributed by atoms with E-state index in [1.807, 2.05) is 18.2 Å². The summed E-state index contributed by atoms with van der Waals surface area (Å²) in [5.41, 5.74) is 18.9. The Balaban J connectivity index is 0.914. The summed E-state index contributed by atoms with van der Waals surface area (Å²) in [6, 6.07) is 63.1. The molecule has 3 heteroatoms. The second kappa shape index (κ2) is 14.9. The van der Waals surface area contributed by atoms with Gasteiger partial charge in [0.25, 0.3) is 0 Å². The van der Waals surface area contributed by atoms with E-state index in [0.29, 0.717) is 11.5 Å². The molecule has 296 valence electrons. The molecule has 0 bridgehead atoms. The molecule has 2 aliphatic carbocycles. The van der Waals surface area contributed by atoms with E-state index < -0.39 is 0 Å². The molecule has 0 amide bonds. The summed E-state index contributed by atoms with van der Waals surface area (Å²) < 4.78 is 0. The van der Waals surface area contributed by atoms with Crippen LogP contribution in [-0.2, 0) is 12.8 Å². The van der Waals surface area contributed by atoms with Crippen LogP contribution in [0, 0.1) is 17.2 Å². The van der Waals surface area contributed by atoms with Gasteiger partial charge in [-0.25, -0.2) is 9.97 Å². The zero-order valence-electron chi connectivity index (χ0n) is 34.9. The number of aromatic nitrogens is 2. The highest BCUT2D eigenvalue weighted by Crippen LogP contribution is 2.43. The molecule has 0 aliphatic heterocycles. The van der Waals surface area contributed by atoms with E-state index in [9.17, 15) is 5.26 Å². The molecule has 0 saturated carbocycles. The van der Waals surface area contributed by atoms with Crippen LogP contribution >= 0.6 is 0 Å². The van der Waals surface area contributed by atoms with E-state index in [4.69, 9.17) is 9.97 Å². The maximum atomic E-state index is 10.4. The van der Waals surface area contributed by atoms with Gasteiger partial charge >= 0.3 is 0 Å². The molecule has 3 nitrogen and oxygen atoms in total. The normalized spacial score (nSPS) is 14.4. The number of rotatable bonds is 5. The summed E-state index contributed by atoms with van der Waals surface area (Å²) in [5.74, 6) is 0.415. The van der Waals surface area contributed by atoms with Gasteiger partial charge in [0.05, 0.1) is 34.1 Å². The minimum Gasteiger partial charge on any atom is -0.245 e. The minimum atomic E-state index is 0.415. The first-order valence-corrected chi connectivity index (χ1v) is 22.0. The molecule has 1 atom stereocenters. The molecule has 10 aromatic rings.